The number of ether oxygens (including phenoxy) is 1. The van der Waals surface area contributed by atoms with Crippen molar-refractivity contribution in [3.8, 4) is 5.75 Å². The average Bonchev–Trinajstić information content (AvgIpc) is 2.57. The molecule has 1 aliphatic heterocycles. The second kappa shape index (κ2) is 5.30. The molecule has 1 aromatic rings. The Morgan fingerprint density at radius 2 is 2.19 bits per heavy atom. The van der Waals surface area contributed by atoms with Crippen LogP contribution in [0.25, 0.3) is 0 Å². The summed E-state index contributed by atoms with van der Waals surface area (Å²) < 4.78 is 18.5. The topological polar surface area (TPSA) is 21.3 Å². The minimum atomic E-state index is -0.193. The first-order chi connectivity index (χ1) is 7.81. The van der Waals surface area contributed by atoms with Gasteiger partial charge in [-0.15, -0.1) is 0 Å². The number of rotatable bonds is 2. The first-order valence-electron chi connectivity index (χ1n) is 5.88. The highest BCUT2D eigenvalue weighted by molar-refractivity contribution is 5.36. The number of hydrogen-bond acceptors (Lipinski definition) is 2. The summed E-state index contributed by atoms with van der Waals surface area (Å²) in [6, 6.07) is 4.96. The van der Waals surface area contributed by atoms with Gasteiger partial charge in [-0.2, -0.15) is 0 Å². The minimum absolute atomic E-state index is 0.193. The standard InChI is InChI=1S/C13H18FNO/c1-16-13-7-6-10(14)9-11(13)12-5-3-2-4-8-15-12/h6-7,9,12,15H,2-5,8H2,1H3. The van der Waals surface area contributed by atoms with Crippen LogP contribution in [-0.4, -0.2) is 13.7 Å². The van der Waals surface area contributed by atoms with Crippen molar-refractivity contribution < 1.29 is 9.13 Å². The summed E-state index contributed by atoms with van der Waals surface area (Å²) in [6.07, 6.45) is 4.70. The van der Waals surface area contributed by atoms with E-state index in [1.807, 2.05) is 0 Å². The number of benzene rings is 1. The first kappa shape index (κ1) is 11.4. The van der Waals surface area contributed by atoms with E-state index < -0.39 is 0 Å². The van der Waals surface area contributed by atoms with Crippen molar-refractivity contribution in [2.75, 3.05) is 13.7 Å². The molecule has 0 radical (unpaired) electrons. The van der Waals surface area contributed by atoms with Gasteiger partial charge < -0.3 is 10.1 Å². The summed E-state index contributed by atoms with van der Waals surface area (Å²) in [4.78, 5) is 0. The van der Waals surface area contributed by atoms with Gasteiger partial charge in [0.2, 0.25) is 0 Å². The smallest absolute Gasteiger partial charge is 0.123 e. The zero-order valence-corrected chi connectivity index (χ0v) is 9.63. The molecule has 88 valence electrons. The van der Waals surface area contributed by atoms with E-state index in [1.165, 1.54) is 25.3 Å². The second-order valence-electron chi connectivity index (χ2n) is 4.24. The fourth-order valence-electron chi connectivity index (χ4n) is 2.27. The molecule has 1 aliphatic rings. The van der Waals surface area contributed by atoms with Crippen molar-refractivity contribution in [1.82, 2.24) is 5.32 Å². The second-order valence-corrected chi connectivity index (χ2v) is 4.24. The Balaban J connectivity index is 2.25. The van der Waals surface area contributed by atoms with E-state index >= 15 is 0 Å². The number of nitrogens with one attached hydrogen (secondary N) is 1. The molecule has 1 saturated heterocycles. The van der Waals surface area contributed by atoms with E-state index in [0.717, 1.165) is 24.3 Å². The lowest BCUT2D eigenvalue weighted by Crippen LogP contribution is -2.21. The van der Waals surface area contributed by atoms with Crippen LogP contribution in [0, 0.1) is 5.82 Å². The molecule has 2 rings (SSSR count). The van der Waals surface area contributed by atoms with Crippen LogP contribution in [0.5, 0.6) is 5.75 Å². The molecule has 0 amide bonds. The van der Waals surface area contributed by atoms with Crippen molar-refractivity contribution in [3.63, 3.8) is 0 Å². The van der Waals surface area contributed by atoms with Gasteiger partial charge in [-0.05, 0) is 37.6 Å². The van der Waals surface area contributed by atoms with E-state index in [2.05, 4.69) is 5.32 Å². The lowest BCUT2D eigenvalue weighted by Gasteiger charge is -2.19. The van der Waals surface area contributed by atoms with Gasteiger partial charge in [0.25, 0.3) is 0 Å². The summed E-state index contributed by atoms with van der Waals surface area (Å²) in [6.45, 7) is 1.00. The van der Waals surface area contributed by atoms with Crippen LogP contribution in [0.4, 0.5) is 4.39 Å². The molecular formula is C13H18FNO. The Hall–Kier alpha value is -1.09. The van der Waals surface area contributed by atoms with Crippen LogP contribution in [-0.2, 0) is 0 Å². The molecule has 1 fully saturated rings. The Labute approximate surface area is 95.8 Å². The molecule has 1 N–H and O–H groups in total. The Morgan fingerprint density at radius 1 is 1.31 bits per heavy atom. The fourth-order valence-corrected chi connectivity index (χ4v) is 2.27. The zero-order chi connectivity index (χ0) is 11.4. The average molecular weight is 223 g/mol. The van der Waals surface area contributed by atoms with E-state index in [4.69, 9.17) is 4.74 Å². The van der Waals surface area contributed by atoms with E-state index in [0.29, 0.717) is 0 Å². The maximum Gasteiger partial charge on any atom is 0.123 e. The normalized spacial score (nSPS) is 21.5. The third kappa shape index (κ3) is 2.53. The van der Waals surface area contributed by atoms with Crippen molar-refractivity contribution >= 4 is 0 Å². The van der Waals surface area contributed by atoms with Crippen molar-refractivity contribution in [2.24, 2.45) is 0 Å². The van der Waals surface area contributed by atoms with Gasteiger partial charge >= 0.3 is 0 Å². The summed E-state index contributed by atoms with van der Waals surface area (Å²) >= 11 is 0. The minimum Gasteiger partial charge on any atom is -0.496 e. The van der Waals surface area contributed by atoms with E-state index in [9.17, 15) is 4.39 Å². The Kier molecular flexibility index (Phi) is 3.78. The molecule has 3 heteroatoms. The van der Waals surface area contributed by atoms with Crippen LogP contribution in [0.15, 0.2) is 18.2 Å². The van der Waals surface area contributed by atoms with Gasteiger partial charge in [0.15, 0.2) is 0 Å². The summed E-state index contributed by atoms with van der Waals surface area (Å²) in [5, 5.41) is 3.45. The molecule has 0 bridgehead atoms. The third-order valence-corrected chi connectivity index (χ3v) is 3.13. The molecule has 0 aliphatic carbocycles. The van der Waals surface area contributed by atoms with Crippen LogP contribution < -0.4 is 10.1 Å². The van der Waals surface area contributed by atoms with E-state index in [-0.39, 0.29) is 11.9 Å². The SMILES string of the molecule is COc1ccc(F)cc1C1CCCCCN1. The van der Waals surface area contributed by atoms with Crippen LogP contribution in [0.2, 0.25) is 0 Å². The predicted molar refractivity (Wildman–Crippen MR) is 62.2 cm³/mol. The molecule has 1 atom stereocenters. The summed E-state index contributed by atoms with van der Waals surface area (Å²) in [5.74, 6) is 0.586. The molecule has 1 aromatic carbocycles. The highest BCUT2D eigenvalue weighted by atomic mass is 19.1. The highest BCUT2D eigenvalue weighted by Crippen LogP contribution is 2.30. The highest BCUT2D eigenvalue weighted by Gasteiger charge is 2.17. The Morgan fingerprint density at radius 3 is 3.00 bits per heavy atom. The zero-order valence-electron chi connectivity index (χ0n) is 9.63. The molecule has 16 heavy (non-hydrogen) atoms. The van der Waals surface area contributed by atoms with Gasteiger partial charge in [-0.1, -0.05) is 12.8 Å². The van der Waals surface area contributed by atoms with Crippen LogP contribution >= 0.6 is 0 Å². The number of halogens is 1. The molecule has 1 heterocycles. The number of hydrogen-bond donors (Lipinski definition) is 1. The monoisotopic (exact) mass is 223 g/mol. The van der Waals surface area contributed by atoms with Gasteiger partial charge in [0, 0.05) is 11.6 Å². The number of methoxy groups -OCH3 is 1. The van der Waals surface area contributed by atoms with Crippen molar-refractivity contribution in [3.05, 3.63) is 29.6 Å². The summed E-state index contributed by atoms with van der Waals surface area (Å²) in [7, 11) is 1.63. The molecule has 0 spiro atoms. The van der Waals surface area contributed by atoms with Crippen LogP contribution in [0.3, 0.4) is 0 Å². The van der Waals surface area contributed by atoms with E-state index in [1.54, 1.807) is 19.2 Å². The molecular weight excluding hydrogens is 205 g/mol. The van der Waals surface area contributed by atoms with Crippen LogP contribution in [0.1, 0.15) is 37.3 Å². The lowest BCUT2D eigenvalue weighted by molar-refractivity contribution is 0.396. The molecule has 1 unspecified atom stereocenters. The van der Waals surface area contributed by atoms with Gasteiger partial charge in [0.1, 0.15) is 11.6 Å². The third-order valence-electron chi connectivity index (χ3n) is 3.13. The largest absolute Gasteiger partial charge is 0.496 e. The van der Waals surface area contributed by atoms with Gasteiger partial charge in [-0.25, -0.2) is 4.39 Å². The quantitative estimate of drug-likeness (QED) is 0.832. The van der Waals surface area contributed by atoms with Gasteiger partial charge in [-0.3, -0.25) is 0 Å². The van der Waals surface area contributed by atoms with Crippen molar-refractivity contribution in [1.29, 1.82) is 0 Å². The Bertz CT molecular complexity index is 346. The maximum atomic E-state index is 13.3. The molecule has 0 saturated carbocycles. The molecule has 2 nitrogen and oxygen atoms in total. The van der Waals surface area contributed by atoms with Crippen molar-refractivity contribution in [2.45, 2.75) is 31.7 Å². The lowest BCUT2D eigenvalue weighted by atomic mass is 10.0. The molecule has 0 aromatic heterocycles. The predicted octanol–water partition coefficient (Wildman–Crippen LogP) is 3.04. The van der Waals surface area contributed by atoms with Gasteiger partial charge in [0.05, 0.1) is 7.11 Å². The summed E-state index contributed by atoms with van der Waals surface area (Å²) in [5.41, 5.74) is 0.949. The maximum absolute atomic E-state index is 13.3. The fraction of sp³-hybridized carbons (Fsp3) is 0.538. The first-order valence-corrected chi connectivity index (χ1v) is 5.88.